The summed E-state index contributed by atoms with van der Waals surface area (Å²) in [7, 11) is 3.30. The topological polar surface area (TPSA) is 168 Å². The SMILES string of the molecule is COc1cc(/C=C/c2nc3n(n2)CCC[C@@]3(N)c2ccc(F)cc2)ccc1-n1cnc(C)c1.COc1cc(/C=C/c2nc3n(n2)CCC[C@]3(N)c2ccc(F)cc2)ccc1-n1cnc(C)c1. The van der Waals surface area contributed by atoms with Gasteiger partial charge in [-0.15, -0.1) is 0 Å². The van der Waals surface area contributed by atoms with Crippen molar-refractivity contribution in [2.45, 2.75) is 63.7 Å². The minimum atomic E-state index is -0.793. The minimum Gasteiger partial charge on any atom is -0.495 e. The molecule has 0 bridgehead atoms. The van der Waals surface area contributed by atoms with E-state index in [4.69, 9.17) is 30.9 Å². The summed E-state index contributed by atoms with van der Waals surface area (Å²) in [4.78, 5) is 18.0. The van der Waals surface area contributed by atoms with Crippen LogP contribution in [0.5, 0.6) is 11.5 Å². The van der Waals surface area contributed by atoms with Crippen LogP contribution in [0.1, 0.15) is 82.6 Å². The molecule has 336 valence electrons. The summed E-state index contributed by atoms with van der Waals surface area (Å²) in [6.07, 6.45) is 18.3. The quantitative estimate of drug-likeness (QED) is 0.137. The number of aromatic nitrogens is 10. The van der Waals surface area contributed by atoms with Crippen molar-refractivity contribution in [3.8, 4) is 22.9 Å². The molecule has 0 saturated carbocycles. The molecular formula is C50H50F2N12O2. The molecule has 4 N–H and O–H groups in total. The second kappa shape index (κ2) is 18.1. The van der Waals surface area contributed by atoms with Crippen LogP contribution in [0.25, 0.3) is 35.7 Å². The van der Waals surface area contributed by atoms with Crippen molar-refractivity contribution in [1.82, 2.24) is 48.6 Å². The number of halogens is 2. The lowest BCUT2D eigenvalue weighted by Crippen LogP contribution is -2.43. The van der Waals surface area contributed by atoms with Crippen molar-refractivity contribution in [2.24, 2.45) is 11.5 Å². The lowest BCUT2D eigenvalue weighted by Gasteiger charge is -2.33. The number of hydrogen-bond acceptors (Lipinski definition) is 10. The van der Waals surface area contributed by atoms with Gasteiger partial charge in [-0.2, -0.15) is 10.2 Å². The average Bonchev–Trinajstić information content (AvgIpc) is 4.16. The van der Waals surface area contributed by atoms with E-state index in [0.29, 0.717) is 23.3 Å². The summed E-state index contributed by atoms with van der Waals surface area (Å²) in [5, 5.41) is 9.27. The Hall–Kier alpha value is -7.56. The normalized spacial score (nSPS) is 17.9. The fourth-order valence-corrected chi connectivity index (χ4v) is 8.58. The highest BCUT2D eigenvalue weighted by molar-refractivity contribution is 5.70. The van der Waals surface area contributed by atoms with Gasteiger partial charge in [-0.3, -0.25) is 0 Å². The number of methoxy groups -OCH3 is 2. The molecule has 4 aromatic heterocycles. The van der Waals surface area contributed by atoms with Crippen LogP contribution in [0.3, 0.4) is 0 Å². The molecule has 2 atom stereocenters. The summed E-state index contributed by atoms with van der Waals surface area (Å²) >= 11 is 0. The molecule has 6 heterocycles. The van der Waals surface area contributed by atoms with E-state index in [9.17, 15) is 8.78 Å². The summed E-state index contributed by atoms with van der Waals surface area (Å²) in [5.41, 5.74) is 19.3. The fourth-order valence-electron chi connectivity index (χ4n) is 8.58. The van der Waals surface area contributed by atoms with Gasteiger partial charge in [0.1, 0.15) is 34.2 Å². The predicted octanol–water partition coefficient (Wildman–Crippen LogP) is 8.17. The average molecular weight is 889 g/mol. The molecule has 66 heavy (non-hydrogen) atoms. The van der Waals surface area contributed by atoms with E-state index in [0.717, 1.165) is 95.3 Å². The molecule has 2 aliphatic rings. The first-order chi connectivity index (χ1) is 31.9. The number of nitrogens with zero attached hydrogens (tertiary/aromatic N) is 10. The molecule has 10 rings (SSSR count). The first-order valence-corrected chi connectivity index (χ1v) is 21.7. The van der Waals surface area contributed by atoms with Crippen LogP contribution < -0.4 is 20.9 Å². The van der Waals surface area contributed by atoms with Gasteiger partial charge in [-0.05, 0) is 122 Å². The Balaban J connectivity index is 0.000000166. The number of rotatable bonds is 10. The molecule has 0 radical (unpaired) electrons. The van der Waals surface area contributed by atoms with Crippen LogP contribution in [0.4, 0.5) is 8.78 Å². The summed E-state index contributed by atoms with van der Waals surface area (Å²) < 4.78 is 45.6. The number of aryl methyl sites for hydroxylation is 4. The van der Waals surface area contributed by atoms with E-state index < -0.39 is 11.1 Å². The Morgan fingerprint density at radius 2 is 0.985 bits per heavy atom. The van der Waals surface area contributed by atoms with Gasteiger partial charge in [0.15, 0.2) is 23.3 Å². The molecule has 0 unspecified atom stereocenters. The zero-order valence-corrected chi connectivity index (χ0v) is 37.1. The third kappa shape index (κ3) is 8.80. The first-order valence-electron chi connectivity index (χ1n) is 21.7. The maximum absolute atomic E-state index is 13.4. The zero-order valence-electron chi connectivity index (χ0n) is 37.1. The largest absolute Gasteiger partial charge is 0.495 e. The van der Waals surface area contributed by atoms with Crippen LogP contribution in [-0.4, -0.2) is 62.9 Å². The molecule has 0 spiro atoms. The van der Waals surface area contributed by atoms with Gasteiger partial charge < -0.3 is 30.1 Å². The molecule has 2 aliphatic heterocycles. The van der Waals surface area contributed by atoms with Crippen LogP contribution in [0, 0.1) is 25.5 Å². The van der Waals surface area contributed by atoms with Crippen molar-refractivity contribution in [3.05, 3.63) is 179 Å². The maximum atomic E-state index is 13.4. The lowest BCUT2D eigenvalue weighted by atomic mass is 9.83. The van der Waals surface area contributed by atoms with Crippen molar-refractivity contribution >= 4 is 24.3 Å². The van der Waals surface area contributed by atoms with E-state index >= 15 is 0 Å². The van der Waals surface area contributed by atoms with Gasteiger partial charge >= 0.3 is 0 Å². The van der Waals surface area contributed by atoms with Crippen molar-refractivity contribution in [3.63, 3.8) is 0 Å². The number of ether oxygens (including phenoxy) is 2. The van der Waals surface area contributed by atoms with Gasteiger partial charge in [-0.25, -0.2) is 38.1 Å². The molecule has 0 amide bonds. The van der Waals surface area contributed by atoms with Gasteiger partial charge in [0.2, 0.25) is 0 Å². The summed E-state index contributed by atoms with van der Waals surface area (Å²) in [6.45, 7) is 5.40. The monoisotopic (exact) mass is 888 g/mol. The Labute approximate surface area is 380 Å². The molecule has 8 aromatic rings. The number of benzene rings is 4. The van der Waals surface area contributed by atoms with E-state index in [1.807, 2.05) is 105 Å². The van der Waals surface area contributed by atoms with Gasteiger partial charge in [-0.1, -0.05) is 48.6 Å². The smallest absolute Gasteiger partial charge is 0.174 e. The van der Waals surface area contributed by atoms with Crippen LogP contribution in [-0.2, 0) is 24.2 Å². The molecule has 4 aromatic carbocycles. The van der Waals surface area contributed by atoms with Gasteiger partial charge in [0, 0.05) is 25.5 Å². The number of imidazole rings is 2. The molecule has 14 nitrogen and oxygen atoms in total. The highest BCUT2D eigenvalue weighted by Gasteiger charge is 2.39. The van der Waals surface area contributed by atoms with E-state index in [1.54, 1.807) is 51.1 Å². The Morgan fingerprint density at radius 3 is 1.35 bits per heavy atom. The van der Waals surface area contributed by atoms with E-state index in [1.165, 1.54) is 24.3 Å². The third-order valence-corrected chi connectivity index (χ3v) is 12.0. The molecule has 0 aliphatic carbocycles. The van der Waals surface area contributed by atoms with E-state index in [-0.39, 0.29) is 11.6 Å². The lowest BCUT2D eigenvalue weighted by molar-refractivity contribution is 0.342. The second-order valence-corrected chi connectivity index (χ2v) is 16.6. The fraction of sp³-hybridized carbons (Fsp3) is 0.240. The highest BCUT2D eigenvalue weighted by atomic mass is 19.1. The standard InChI is InChI=1S/2C25H25FN6O/c2*1-17-15-31(16-28-17)21-10-4-18(14-22(21)33-2)5-11-23-29-24-25(27,12-3-13-32(24)30-23)19-6-8-20(26)9-7-19/h2*4-11,14-16H,3,12-13,27H2,1-2H3/b2*11-5+/t2*25-/m10/s1. The van der Waals surface area contributed by atoms with E-state index in [2.05, 4.69) is 20.2 Å². The molecular weight excluding hydrogens is 839 g/mol. The van der Waals surface area contributed by atoms with Crippen LogP contribution in [0.15, 0.2) is 110 Å². The van der Waals surface area contributed by atoms with Crippen molar-refractivity contribution in [1.29, 1.82) is 0 Å². The Morgan fingerprint density at radius 1 is 0.576 bits per heavy atom. The van der Waals surface area contributed by atoms with Crippen molar-refractivity contribution < 1.29 is 18.3 Å². The Kier molecular flexibility index (Phi) is 12.0. The second-order valence-electron chi connectivity index (χ2n) is 16.6. The zero-order chi connectivity index (χ0) is 46.0. The highest BCUT2D eigenvalue weighted by Crippen LogP contribution is 2.36. The minimum absolute atomic E-state index is 0.284. The number of hydrogen-bond donors (Lipinski definition) is 2. The maximum Gasteiger partial charge on any atom is 0.174 e. The molecule has 16 heteroatoms. The molecule has 0 saturated heterocycles. The Bertz CT molecular complexity index is 2850. The summed E-state index contributed by atoms with van der Waals surface area (Å²) in [6, 6.07) is 24.6. The number of nitrogens with two attached hydrogens (primary N) is 2. The predicted molar refractivity (Wildman–Crippen MR) is 249 cm³/mol. The van der Waals surface area contributed by atoms with Gasteiger partial charge in [0.25, 0.3) is 0 Å². The van der Waals surface area contributed by atoms with Crippen LogP contribution in [0.2, 0.25) is 0 Å². The first kappa shape index (κ1) is 43.7. The van der Waals surface area contributed by atoms with Crippen LogP contribution >= 0.6 is 0 Å². The summed E-state index contributed by atoms with van der Waals surface area (Å²) in [5.74, 6) is 3.47. The third-order valence-electron chi connectivity index (χ3n) is 12.0. The van der Waals surface area contributed by atoms with Crippen molar-refractivity contribution in [2.75, 3.05) is 14.2 Å². The number of fused-ring (bicyclic) bond motifs is 2. The van der Waals surface area contributed by atoms with Gasteiger partial charge in [0.05, 0.1) is 49.6 Å². The molecule has 0 fully saturated rings.